The third kappa shape index (κ3) is 6.06. The number of methoxy groups -OCH3 is 1. The minimum absolute atomic E-state index is 0.145. The molecule has 4 aromatic rings. The van der Waals surface area contributed by atoms with Crippen LogP contribution in [0.5, 0.6) is 0 Å². The number of carbonyl (C=O) groups is 3. The molecule has 1 atom stereocenters. The molecule has 7 heteroatoms. The van der Waals surface area contributed by atoms with E-state index in [1.165, 1.54) is 23.3 Å². The highest BCUT2D eigenvalue weighted by Gasteiger charge is 2.33. The summed E-state index contributed by atoms with van der Waals surface area (Å²) in [4.78, 5) is 41.8. The summed E-state index contributed by atoms with van der Waals surface area (Å²) in [5.74, 6) is -1.01. The molecule has 3 aromatic carbocycles. The van der Waals surface area contributed by atoms with Gasteiger partial charge >= 0.3 is 5.97 Å². The maximum absolute atomic E-state index is 13.7. The van der Waals surface area contributed by atoms with E-state index >= 15 is 0 Å². The third-order valence-corrected chi connectivity index (χ3v) is 6.55. The lowest BCUT2D eigenvalue weighted by Crippen LogP contribution is -2.44. The Morgan fingerprint density at radius 3 is 2.14 bits per heavy atom. The molecule has 0 aliphatic heterocycles. The zero-order valence-corrected chi connectivity index (χ0v) is 20.6. The van der Waals surface area contributed by atoms with Gasteiger partial charge in [-0.2, -0.15) is 0 Å². The third-order valence-electron chi connectivity index (χ3n) is 5.67. The topological polar surface area (TPSA) is 75.7 Å². The lowest BCUT2D eigenvalue weighted by molar-refractivity contribution is -0.126. The van der Waals surface area contributed by atoms with E-state index in [1.54, 1.807) is 24.3 Å². The molecule has 1 heterocycles. The number of ether oxygens (including phenoxy) is 1. The summed E-state index contributed by atoms with van der Waals surface area (Å²) in [6.45, 7) is 0.331. The van der Waals surface area contributed by atoms with E-state index in [0.29, 0.717) is 23.4 Å². The predicted molar refractivity (Wildman–Crippen MR) is 141 cm³/mol. The molecule has 0 saturated heterocycles. The standard InChI is InChI=1S/C29H26N2O4S/c1-35-29(34)23-14-16-24(17-15-23)31(26(32)19-25-13-8-18-36-25)27(22-11-6-3-7-12-22)28(33)30-20-21-9-4-2-5-10-21/h2-18,27H,19-20H2,1H3,(H,30,33). The zero-order chi connectivity index (χ0) is 25.3. The average Bonchev–Trinajstić information content (AvgIpc) is 3.44. The number of carbonyl (C=O) groups excluding carboxylic acids is 3. The van der Waals surface area contributed by atoms with Gasteiger partial charge in [0.1, 0.15) is 6.04 Å². The summed E-state index contributed by atoms with van der Waals surface area (Å²) in [5.41, 5.74) is 2.50. The Hall–Kier alpha value is -4.23. The largest absolute Gasteiger partial charge is 0.465 e. The Labute approximate surface area is 214 Å². The first kappa shape index (κ1) is 24.9. The molecule has 0 aliphatic carbocycles. The Bertz CT molecular complexity index is 1290. The highest BCUT2D eigenvalue weighted by Crippen LogP contribution is 2.30. The van der Waals surface area contributed by atoms with Crippen molar-refractivity contribution in [1.29, 1.82) is 0 Å². The van der Waals surface area contributed by atoms with Crippen LogP contribution in [0, 0.1) is 0 Å². The van der Waals surface area contributed by atoms with Crippen LogP contribution in [0.2, 0.25) is 0 Å². The quantitative estimate of drug-likeness (QED) is 0.323. The molecular weight excluding hydrogens is 472 g/mol. The van der Waals surface area contributed by atoms with Crippen molar-refractivity contribution in [3.8, 4) is 0 Å². The lowest BCUT2D eigenvalue weighted by atomic mass is 10.0. The second kappa shape index (κ2) is 12.0. The summed E-state index contributed by atoms with van der Waals surface area (Å²) in [7, 11) is 1.32. The minimum atomic E-state index is -0.911. The van der Waals surface area contributed by atoms with Crippen molar-refractivity contribution < 1.29 is 19.1 Å². The van der Waals surface area contributed by atoms with Crippen LogP contribution in [-0.4, -0.2) is 24.9 Å². The molecule has 1 unspecified atom stereocenters. The first-order chi connectivity index (χ1) is 17.6. The molecule has 0 spiro atoms. The smallest absolute Gasteiger partial charge is 0.337 e. The number of benzene rings is 3. The summed E-state index contributed by atoms with van der Waals surface area (Å²) in [6, 6.07) is 28.2. The number of esters is 1. The summed E-state index contributed by atoms with van der Waals surface area (Å²) < 4.78 is 4.80. The summed E-state index contributed by atoms with van der Waals surface area (Å²) in [5, 5.41) is 4.91. The monoisotopic (exact) mass is 498 g/mol. The van der Waals surface area contributed by atoms with Crippen LogP contribution in [-0.2, 0) is 27.3 Å². The number of nitrogens with zero attached hydrogens (tertiary/aromatic N) is 1. The van der Waals surface area contributed by atoms with Crippen molar-refractivity contribution in [3.63, 3.8) is 0 Å². The molecule has 0 aliphatic rings. The number of hydrogen-bond donors (Lipinski definition) is 1. The van der Waals surface area contributed by atoms with Gasteiger partial charge in [-0.05, 0) is 46.8 Å². The molecule has 36 heavy (non-hydrogen) atoms. The van der Waals surface area contributed by atoms with Crippen molar-refractivity contribution in [2.75, 3.05) is 12.0 Å². The second-order valence-electron chi connectivity index (χ2n) is 8.07. The van der Waals surface area contributed by atoms with E-state index in [-0.39, 0.29) is 18.2 Å². The Kier molecular flexibility index (Phi) is 8.26. The Morgan fingerprint density at radius 1 is 0.861 bits per heavy atom. The maximum Gasteiger partial charge on any atom is 0.337 e. The van der Waals surface area contributed by atoms with Crippen molar-refractivity contribution in [2.45, 2.75) is 19.0 Å². The van der Waals surface area contributed by atoms with E-state index in [0.717, 1.165) is 10.4 Å². The molecule has 1 N–H and O–H groups in total. The van der Waals surface area contributed by atoms with Gasteiger partial charge in [0.2, 0.25) is 11.8 Å². The van der Waals surface area contributed by atoms with E-state index in [1.807, 2.05) is 78.2 Å². The number of hydrogen-bond acceptors (Lipinski definition) is 5. The normalized spacial score (nSPS) is 11.4. The minimum Gasteiger partial charge on any atom is -0.465 e. The fourth-order valence-corrected chi connectivity index (χ4v) is 4.59. The summed E-state index contributed by atoms with van der Waals surface area (Å²) >= 11 is 1.49. The van der Waals surface area contributed by atoms with Crippen LogP contribution in [0.25, 0.3) is 0 Å². The van der Waals surface area contributed by atoms with Crippen LogP contribution in [0.4, 0.5) is 5.69 Å². The molecule has 0 radical (unpaired) electrons. The van der Waals surface area contributed by atoms with Gasteiger partial charge in [0.15, 0.2) is 0 Å². The van der Waals surface area contributed by atoms with E-state index in [2.05, 4.69) is 5.32 Å². The van der Waals surface area contributed by atoms with Gasteiger partial charge in [-0.25, -0.2) is 4.79 Å². The van der Waals surface area contributed by atoms with E-state index in [4.69, 9.17) is 4.74 Å². The van der Waals surface area contributed by atoms with Gasteiger partial charge in [-0.15, -0.1) is 11.3 Å². The van der Waals surface area contributed by atoms with Crippen molar-refractivity contribution in [2.24, 2.45) is 0 Å². The van der Waals surface area contributed by atoms with E-state index in [9.17, 15) is 14.4 Å². The number of rotatable bonds is 9. The van der Waals surface area contributed by atoms with Gasteiger partial charge < -0.3 is 10.1 Å². The summed E-state index contributed by atoms with van der Waals surface area (Å²) in [6.07, 6.45) is 0.145. The molecule has 6 nitrogen and oxygen atoms in total. The first-order valence-electron chi connectivity index (χ1n) is 11.5. The Morgan fingerprint density at radius 2 is 1.53 bits per heavy atom. The average molecular weight is 499 g/mol. The number of anilines is 1. The molecule has 2 amide bonds. The van der Waals surface area contributed by atoms with Gasteiger partial charge in [-0.1, -0.05) is 66.7 Å². The lowest BCUT2D eigenvalue weighted by Gasteiger charge is -2.31. The molecule has 0 bridgehead atoms. The van der Waals surface area contributed by atoms with Crippen LogP contribution in [0.15, 0.2) is 102 Å². The second-order valence-corrected chi connectivity index (χ2v) is 9.11. The van der Waals surface area contributed by atoms with Gasteiger partial charge in [0.05, 0.1) is 19.1 Å². The fraction of sp³-hybridized carbons (Fsp3) is 0.138. The maximum atomic E-state index is 13.7. The number of thiophene rings is 1. The van der Waals surface area contributed by atoms with Gasteiger partial charge in [0, 0.05) is 17.1 Å². The van der Waals surface area contributed by atoms with Crippen molar-refractivity contribution in [1.82, 2.24) is 5.32 Å². The molecule has 0 fully saturated rings. The molecule has 1 aromatic heterocycles. The highest BCUT2D eigenvalue weighted by atomic mass is 32.1. The SMILES string of the molecule is COC(=O)c1ccc(N(C(=O)Cc2cccs2)C(C(=O)NCc2ccccc2)c2ccccc2)cc1. The molecular formula is C29H26N2O4S. The molecule has 182 valence electrons. The van der Waals surface area contributed by atoms with Crippen molar-refractivity contribution >= 4 is 34.8 Å². The van der Waals surface area contributed by atoms with E-state index < -0.39 is 12.0 Å². The fourth-order valence-electron chi connectivity index (χ4n) is 3.90. The van der Waals surface area contributed by atoms with Gasteiger partial charge in [-0.3, -0.25) is 14.5 Å². The van der Waals surface area contributed by atoms with Gasteiger partial charge in [0.25, 0.3) is 0 Å². The molecule has 0 saturated carbocycles. The van der Waals surface area contributed by atoms with Crippen LogP contribution < -0.4 is 10.2 Å². The van der Waals surface area contributed by atoms with Crippen LogP contribution >= 0.6 is 11.3 Å². The first-order valence-corrected chi connectivity index (χ1v) is 12.3. The predicted octanol–water partition coefficient (Wildman–Crippen LogP) is 5.17. The van der Waals surface area contributed by atoms with Crippen LogP contribution in [0.3, 0.4) is 0 Å². The van der Waals surface area contributed by atoms with Crippen molar-refractivity contribution in [3.05, 3.63) is 124 Å². The number of amides is 2. The molecule has 4 rings (SSSR count). The Balaban J connectivity index is 1.72. The zero-order valence-electron chi connectivity index (χ0n) is 19.8. The highest BCUT2D eigenvalue weighted by molar-refractivity contribution is 7.10. The number of nitrogens with one attached hydrogen (secondary N) is 1. The van der Waals surface area contributed by atoms with Crippen LogP contribution in [0.1, 0.15) is 32.4 Å².